The molecule has 0 fully saturated rings. The molecule has 2 aliphatic heterocycles. The molecule has 8 rings (SSSR count). The lowest BCUT2D eigenvalue weighted by Gasteiger charge is -2.33. The molecule has 0 N–H and O–H groups in total. The minimum Gasteiger partial charge on any atom is -0.344 e. The van der Waals surface area contributed by atoms with Gasteiger partial charge in [0.1, 0.15) is 0 Å². The number of aromatic nitrogens is 1. The van der Waals surface area contributed by atoms with Crippen molar-refractivity contribution in [3.05, 3.63) is 156 Å². The molecular weight excluding hydrogens is 617 g/mol. The lowest BCUT2D eigenvalue weighted by atomic mass is 9.85. The van der Waals surface area contributed by atoms with Gasteiger partial charge in [-0.3, -0.25) is 15.0 Å². The summed E-state index contributed by atoms with van der Waals surface area (Å²) in [5.41, 5.74) is 9.22. The van der Waals surface area contributed by atoms with Crippen molar-refractivity contribution >= 4 is 39.5 Å². The summed E-state index contributed by atoms with van der Waals surface area (Å²) in [6.45, 7) is 5.45. The van der Waals surface area contributed by atoms with Crippen molar-refractivity contribution in [1.82, 2.24) is 4.98 Å². The Kier molecular flexibility index (Phi) is 9.01. The van der Waals surface area contributed by atoms with Crippen LogP contribution in [0.2, 0.25) is 0 Å². The molecule has 1 aromatic heterocycles. The first-order valence-corrected chi connectivity index (χ1v) is 18.4. The number of anilines is 1. The average Bonchev–Trinajstić information content (AvgIpc) is 3.60. The van der Waals surface area contributed by atoms with Gasteiger partial charge in [0.25, 0.3) is 0 Å². The number of nitrogens with zero attached hydrogens (tertiary/aromatic N) is 4. The van der Waals surface area contributed by atoms with Gasteiger partial charge in [-0.2, -0.15) is 0 Å². The zero-order chi connectivity index (χ0) is 33.2. The maximum Gasteiger partial charge on any atom is 0.0951 e. The van der Waals surface area contributed by atoms with Gasteiger partial charge in [0, 0.05) is 60.0 Å². The van der Waals surface area contributed by atoms with Crippen LogP contribution < -0.4 is 4.90 Å². The standard InChI is InChI=1S/C44H42N4S/c1-30(24-36-20-22-45-27-31(36)2)35-7-5-6-32(25-35)29-48(41-18-14-34(15-19-41)44-47-42-8-3-4-9-43(42)49-44)40-16-12-33(13-17-40)37-10-11-39-28-46-23-21-38(39)26-37/h3-14,16-18,20-24,26-28,31-32,36,42-43H,15,19,25,29H2,1-2H3/b30-24+. The zero-order valence-electron chi connectivity index (χ0n) is 28.2. The van der Waals surface area contributed by atoms with Gasteiger partial charge in [0.05, 0.1) is 16.3 Å². The molecule has 0 amide bonds. The molecule has 5 aliphatic rings. The molecule has 5 atom stereocenters. The fourth-order valence-corrected chi connectivity index (χ4v) is 8.60. The van der Waals surface area contributed by atoms with Gasteiger partial charge in [0.15, 0.2) is 0 Å². The predicted octanol–water partition coefficient (Wildman–Crippen LogP) is 10.6. The molecule has 3 aromatic rings. The first-order valence-electron chi connectivity index (χ1n) is 17.5. The van der Waals surface area contributed by atoms with Crippen LogP contribution in [0.3, 0.4) is 0 Å². The van der Waals surface area contributed by atoms with Crippen LogP contribution in [0.15, 0.2) is 166 Å². The number of aliphatic imine (C=N–C) groups is 2. The number of fused-ring (bicyclic) bond motifs is 2. The zero-order valence-corrected chi connectivity index (χ0v) is 29.0. The number of allylic oxidation sites excluding steroid dienone is 11. The van der Waals surface area contributed by atoms with Gasteiger partial charge in [-0.25, -0.2) is 0 Å². The highest BCUT2D eigenvalue weighted by molar-refractivity contribution is 8.15. The smallest absolute Gasteiger partial charge is 0.0951 e. The summed E-state index contributed by atoms with van der Waals surface area (Å²) in [5, 5.41) is 4.02. The van der Waals surface area contributed by atoms with E-state index in [0.29, 0.717) is 23.0 Å². The first kappa shape index (κ1) is 31.5. The molecule has 5 heteroatoms. The summed E-state index contributed by atoms with van der Waals surface area (Å²) in [6.07, 6.45) is 35.9. The van der Waals surface area contributed by atoms with Crippen LogP contribution in [0.25, 0.3) is 21.9 Å². The molecule has 4 nitrogen and oxygen atoms in total. The topological polar surface area (TPSA) is 40.9 Å². The lowest BCUT2D eigenvalue weighted by molar-refractivity contribution is 0.616. The summed E-state index contributed by atoms with van der Waals surface area (Å²) in [7, 11) is 0. The van der Waals surface area contributed by atoms with Crippen molar-refractivity contribution in [3.63, 3.8) is 0 Å². The van der Waals surface area contributed by atoms with E-state index >= 15 is 0 Å². The van der Waals surface area contributed by atoms with Gasteiger partial charge in [0.2, 0.25) is 0 Å². The third kappa shape index (κ3) is 6.91. The van der Waals surface area contributed by atoms with Crippen LogP contribution in [0.4, 0.5) is 5.69 Å². The molecule has 3 aliphatic carbocycles. The molecule has 244 valence electrons. The van der Waals surface area contributed by atoms with Crippen LogP contribution in [-0.2, 0) is 0 Å². The molecule has 3 heterocycles. The average molecular weight is 659 g/mol. The van der Waals surface area contributed by atoms with E-state index < -0.39 is 0 Å². The lowest BCUT2D eigenvalue weighted by Crippen LogP contribution is -2.30. The van der Waals surface area contributed by atoms with E-state index in [4.69, 9.17) is 4.99 Å². The van der Waals surface area contributed by atoms with Crippen molar-refractivity contribution < 1.29 is 0 Å². The Balaban J connectivity index is 1.05. The van der Waals surface area contributed by atoms with E-state index in [9.17, 15) is 0 Å². The summed E-state index contributed by atoms with van der Waals surface area (Å²) in [6, 6.07) is 18.1. The highest BCUT2D eigenvalue weighted by atomic mass is 32.2. The molecule has 0 saturated carbocycles. The minimum atomic E-state index is 0.272. The maximum atomic E-state index is 5.08. The third-order valence-corrected chi connectivity index (χ3v) is 11.6. The Morgan fingerprint density at radius 3 is 2.61 bits per heavy atom. The molecule has 0 radical (unpaired) electrons. The van der Waals surface area contributed by atoms with Crippen molar-refractivity contribution in [2.24, 2.45) is 27.7 Å². The van der Waals surface area contributed by atoms with Gasteiger partial charge in [-0.15, -0.1) is 0 Å². The van der Waals surface area contributed by atoms with Gasteiger partial charge in [-0.05, 0) is 90.1 Å². The van der Waals surface area contributed by atoms with Crippen molar-refractivity contribution in [3.8, 4) is 11.1 Å². The monoisotopic (exact) mass is 658 g/mol. The Morgan fingerprint density at radius 1 is 0.898 bits per heavy atom. The number of thioether (sulfide) groups is 1. The Morgan fingerprint density at radius 2 is 1.78 bits per heavy atom. The second-order valence-electron chi connectivity index (χ2n) is 13.7. The SMILES string of the molecule is C/C(=C\C1C=CN=CC1C)C1=CC=CC(CN(C2=CC=C(C3=NC4C=CC=CC4S3)CC2)c2ccc(-c3ccc4cnccc4c3)cc2)C1. The minimum absolute atomic E-state index is 0.272. The Bertz CT molecular complexity index is 2050. The van der Waals surface area contributed by atoms with E-state index in [2.05, 4.69) is 150 Å². The van der Waals surface area contributed by atoms with Gasteiger partial charge in [-0.1, -0.05) is 109 Å². The molecule has 0 spiro atoms. The molecular formula is C44H42N4S. The Labute approximate surface area is 294 Å². The third-order valence-electron chi connectivity index (χ3n) is 10.3. The van der Waals surface area contributed by atoms with E-state index in [-0.39, 0.29) is 6.04 Å². The number of hydrogen-bond donors (Lipinski definition) is 0. The molecule has 5 unspecified atom stereocenters. The largest absolute Gasteiger partial charge is 0.344 e. The van der Waals surface area contributed by atoms with Crippen LogP contribution in [-0.4, -0.2) is 34.1 Å². The van der Waals surface area contributed by atoms with Crippen LogP contribution in [0.5, 0.6) is 0 Å². The highest BCUT2D eigenvalue weighted by Crippen LogP contribution is 2.38. The fraction of sp³-hybridized carbons (Fsp3) is 0.250. The summed E-state index contributed by atoms with van der Waals surface area (Å²) in [4.78, 5) is 16.3. The number of rotatable bonds is 8. The number of pyridine rings is 1. The number of benzene rings is 2. The quantitative estimate of drug-likeness (QED) is 0.242. The van der Waals surface area contributed by atoms with Crippen LogP contribution >= 0.6 is 11.8 Å². The van der Waals surface area contributed by atoms with E-state index in [0.717, 1.165) is 31.2 Å². The van der Waals surface area contributed by atoms with E-state index in [1.807, 2.05) is 30.4 Å². The van der Waals surface area contributed by atoms with Gasteiger partial charge >= 0.3 is 0 Å². The molecule has 0 saturated heterocycles. The molecule has 49 heavy (non-hydrogen) atoms. The normalized spacial score (nSPS) is 25.9. The van der Waals surface area contributed by atoms with Crippen molar-refractivity contribution in [2.75, 3.05) is 11.4 Å². The molecule has 0 bridgehead atoms. The van der Waals surface area contributed by atoms with E-state index in [1.165, 1.54) is 49.7 Å². The Hall–Kier alpha value is -4.74. The van der Waals surface area contributed by atoms with E-state index in [1.54, 1.807) is 0 Å². The second kappa shape index (κ2) is 14.0. The maximum absolute atomic E-state index is 5.08. The van der Waals surface area contributed by atoms with Crippen molar-refractivity contribution in [2.45, 2.75) is 44.4 Å². The number of hydrogen-bond acceptors (Lipinski definition) is 5. The highest BCUT2D eigenvalue weighted by Gasteiger charge is 2.30. The second-order valence-corrected chi connectivity index (χ2v) is 14.9. The summed E-state index contributed by atoms with van der Waals surface area (Å²) >= 11 is 1.92. The van der Waals surface area contributed by atoms with Gasteiger partial charge < -0.3 is 4.90 Å². The summed E-state index contributed by atoms with van der Waals surface area (Å²) in [5.74, 6) is 1.21. The van der Waals surface area contributed by atoms with Crippen LogP contribution in [0.1, 0.15) is 33.1 Å². The molecule has 2 aromatic carbocycles. The predicted molar refractivity (Wildman–Crippen MR) is 210 cm³/mol. The van der Waals surface area contributed by atoms with Crippen LogP contribution in [0, 0.1) is 17.8 Å². The summed E-state index contributed by atoms with van der Waals surface area (Å²) < 4.78 is 0. The van der Waals surface area contributed by atoms with Crippen molar-refractivity contribution in [1.29, 1.82) is 0 Å². The first-order chi connectivity index (χ1) is 24.1. The fourth-order valence-electron chi connectivity index (χ4n) is 7.38.